The number of nitrogens with one attached hydrogen (secondary N) is 1. The Labute approximate surface area is 166 Å². The summed E-state index contributed by atoms with van der Waals surface area (Å²) in [6.07, 6.45) is 0. The summed E-state index contributed by atoms with van der Waals surface area (Å²) in [6.45, 7) is 4.41. The maximum Gasteiger partial charge on any atom is 0.257 e. The first-order valence-corrected chi connectivity index (χ1v) is 11.0. The monoisotopic (exact) mass is 423 g/mol. The number of thiazole rings is 1. The number of aromatic nitrogens is 1. The highest BCUT2D eigenvalue weighted by atomic mass is 35.5. The molecule has 27 heavy (non-hydrogen) atoms. The van der Waals surface area contributed by atoms with Crippen molar-refractivity contribution in [2.75, 3.05) is 18.4 Å². The second-order valence-corrected chi connectivity index (χ2v) is 9.11. The molecule has 0 bridgehead atoms. The van der Waals surface area contributed by atoms with E-state index in [4.69, 9.17) is 11.6 Å². The molecule has 0 fully saturated rings. The average Bonchev–Trinajstić information content (AvgIpc) is 3.03. The number of fused-ring (bicyclic) bond motifs is 1. The highest BCUT2D eigenvalue weighted by Gasteiger charge is 2.22. The first-order valence-electron chi connectivity index (χ1n) is 8.32. The third-order valence-corrected chi connectivity index (χ3v) is 7.22. The first-order chi connectivity index (χ1) is 12.8. The number of nitrogens with zero attached hydrogens (tertiary/aromatic N) is 2. The van der Waals surface area contributed by atoms with Gasteiger partial charge in [-0.15, -0.1) is 0 Å². The summed E-state index contributed by atoms with van der Waals surface area (Å²) in [5.41, 5.74) is 1.05. The number of carbonyl (C=O) groups excluding carboxylic acids is 1. The van der Waals surface area contributed by atoms with Gasteiger partial charge in [0.1, 0.15) is 0 Å². The van der Waals surface area contributed by atoms with Gasteiger partial charge in [-0.25, -0.2) is 13.4 Å². The van der Waals surface area contributed by atoms with E-state index < -0.39 is 10.0 Å². The predicted octanol–water partition coefficient (Wildman–Crippen LogP) is 4.23. The fourth-order valence-corrected chi connectivity index (χ4v) is 5.28. The van der Waals surface area contributed by atoms with Crippen LogP contribution in [0.1, 0.15) is 24.2 Å². The molecule has 1 N–H and O–H groups in total. The highest BCUT2D eigenvalue weighted by Crippen LogP contribution is 2.29. The molecule has 0 atom stereocenters. The fraction of sp³-hybridized carbons (Fsp3) is 0.222. The van der Waals surface area contributed by atoms with Gasteiger partial charge in [-0.3, -0.25) is 10.1 Å². The molecule has 0 aliphatic rings. The average molecular weight is 424 g/mol. The zero-order valence-corrected chi connectivity index (χ0v) is 17.2. The van der Waals surface area contributed by atoms with Crippen molar-refractivity contribution in [3.8, 4) is 0 Å². The number of hydrogen-bond acceptors (Lipinski definition) is 5. The number of sulfonamides is 1. The quantitative estimate of drug-likeness (QED) is 0.643. The zero-order valence-electron chi connectivity index (χ0n) is 14.8. The Balaban J connectivity index is 1.89. The SMILES string of the molecule is CCN(CC)S(=O)(=O)c1ccc2nc(NC(=O)c3cccc(Cl)c3)sc2c1. The number of rotatable bonds is 6. The van der Waals surface area contributed by atoms with E-state index >= 15 is 0 Å². The molecule has 3 rings (SSSR count). The number of amides is 1. The predicted molar refractivity (Wildman–Crippen MR) is 109 cm³/mol. The summed E-state index contributed by atoms with van der Waals surface area (Å²) in [5.74, 6) is -0.326. The largest absolute Gasteiger partial charge is 0.298 e. The smallest absolute Gasteiger partial charge is 0.257 e. The van der Waals surface area contributed by atoms with Gasteiger partial charge in [0.2, 0.25) is 10.0 Å². The van der Waals surface area contributed by atoms with Crippen LogP contribution in [0.15, 0.2) is 47.4 Å². The fourth-order valence-electron chi connectivity index (χ4n) is 2.63. The normalized spacial score (nSPS) is 11.9. The van der Waals surface area contributed by atoms with Crippen molar-refractivity contribution < 1.29 is 13.2 Å². The molecule has 0 saturated carbocycles. The summed E-state index contributed by atoms with van der Waals surface area (Å²) in [6, 6.07) is 11.4. The van der Waals surface area contributed by atoms with Crippen LogP contribution < -0.4 is 5.32 Å². The summed E-state index contributed by atoms with van der Waals surface area (Å²) in [5, 5.41) is 3.59. The molecule has 2 aromatic carbocycles. The minimum absolute atomic E-state index is 0.218. The molecule has 0 aliphatic carbocycles. The molecule has 6 nitrogen and oxygen atoms in total. The molecular weight excluding hydrogens is 406 g/mol. The van der Waals surface area contributed by atoms with Crippen LogP contribution in [0.3, 0.4) is 0 Å². The molecule has 1 aromatic heterocycles. The summed E-state index contributed by atoms with van der Waals surface area (Å²) in [7, 11) is -3.54. The molecule has 0 aliphatic heterocycles. The number of anilines is 1. The Bertz CT molecular complexity index is 1090. The van der Waals surface area contributed by atoms with Crippen LogP contribution >= 0.6 is 22.9 Å². The van der Waals surface area contributed by atoms with Crippen LogP contribution in [0.25, 0.3) is 10.2 Å². The second-order valence-electron chi connectivity index (χ2n) is 5.70. The highest BCUT2D eigenvalue weighted by molar-refractivity contribution is 7.89. The van der Waals surface area contributed by atoms with Gasteiger partial charge in [0.25, 0.3) is 5.91 Å². The zero-order chi connectivity index (χ0) is 19.6. The van der Waals surface area contributed by atoms with Crippen LogP contribution in [0.5, 0.6) is 0 Å². The third-order valence-electron chi connectivity index (χ3n) is 4.01. The molecule has 1 heterocycles. The molecular formula is C18H18ClN3O3S2. The van der Waals surface area contributed by atoms with E-state index in [1.807, 2.05) is 0 Å². The van der Waals surface area contributed by atoms with Crippen molar-refractivity contribution >= 4 is 54.2 Å². The van der Waals surface area contributed by atoms with Gasteiger partial charge >= 0.3 is 0 Å². The number of carbonyl (C=O) groups is 1. The lowest BCUT2D eigenvalue weighted by Crippen LogP contribution is -2.30. The Hall–Kier alpha value is -2.00. The number of halogens is 1. The van der Waals surface area contributed by atoms with Gasteiger partial charge in [0.15, 0.2) is 5.13 Å². The molecule has 9 heteroatoms. The molecule has 3 aromatic rings. The van der Waals surface area contributed by atoms with Crippen molar-refractivity contribution in [2.24, 2.45) is 0 Å². The maximum absolute atomic E-state index is 12.7. The lowest BCUT2D eigenvalue weighted by Gasteiger charge is -2.18. The van der Waals surface area contributed by atoms with E-state index in [-0.39, 0.29) is 10.8 Å². The van der Waals surface area contributed by atoms with E-state index in [9.17, 15) is 13.2 Å². The standard InChI is InChI=1S/C18H18ClN3O3S2/c1-3-22(4-2)27(24,25)14-8-9-15-16(11-14)26-18(20-15)21-17(23)12-6-5-7-13(19)10-12/h5-11H,3-4H2,1-2H3,(H,20,21,23). The van der Waals surface area contributed by atoms with Crippen LogP contribution in [-0.4, -0.2) is 36.7 Å². The van der Waals surface area contributed by atoms with Crippen LogP contribution in [-0.2, 0) is 10.0 Å². The van der Waals surface area contributed by atoms with Crippen molar-refractivity contribution in [1.29, 1.82) is 0 Å². The Kier molecular flexibility index (Phi) is 5.81. The Morgan fingerprint density at radius 2 is 1.93 bits per heavy atom. The van der Waals surface area contributed by atoms with E-state index in [0.29, 0.717) is 39.0 Å². The number of hydrogen-bond donors (Lipinski definition) is 1. The van der Waals surface area contributed by atoms with Crippen molar-refractivity contribution in [1.82, 2.24) is 9.29 Å². The molecule has 0 unspecified atom stereocenters. The van der Waals surface area contributed by atoms with E-state index in [2.05, 4.69) is 10.3 Å². The molecule has 142 valence electrons. The van der Waals surface area contributed by atoms with Gasteiger partial charge < -0.3 is 0 Å². The lowest BCUT2D eigenvalue weighted by molar-refractivity contribution is 0.102. The molecule has 0 saturated heterocycles. The Morgan fingerprint density at radius 1 is 1.19 bits per heavy atom. The maximum atomic E-state index is 12.7. The first kappa shape index (κ1) is 19.8. The third kappa shape index (κ3) is 4.14. The topological polar surface area (TPSA) is 79.4 Å². The van der Waals surface area contributed by atoms with Crippen LogP contribution in [0, 0.1) is 0 Å². The van der Waals surface area contributed by atoms with Crippen molar-refractivity contribution in [3.63, 3.8) is 0 Å². The van der Waals surface area contributed by atoms with Gasteiger partial charge in [-0.05, 0) is 36.4 Å². The summed E-state index contributed by atoms with van der Waals surface area (Å²) in [4.78, 5) is 16.9. The molecule has 0 radical (unpaired) electrons. The molecule has 0 spiro atoms. The van der Waals surface area contributed by atoms with Gasteiger partial charge in [0.05, 0.1) is 15.1 Å². The number of benzene rings is 2. The van der Waals surface area contributed by atoms with Crippen molar-refractivity contribution in [3.05, 3.63) is 53.1 Å². The summed E-state index contributed by atoms with van der Waals surface area (Å²) >= 11 is 7.13. The van der Waals surface area contributed by atoms with Gasteiger partial charge in [-0.2, -0.15) is 4.31 Å². The Morgan fingerprint density at radius 3 is 2.59 bits per heavy atom. The summed E-state index contributed by atoms with van der Waals surface area (Å²) < 4.78 is 27.4. The van der Waals surface area contributed by atoms with Gasteiger partial charge in [-0.1, -0.05) is 42.9 Å². The van der Waals surface area contributed by atoms with Crippen LogP contribution in [0.4, 0.5) is 5.13 Å². The minimum atomic E-state index is -3.54. The van der Waals surface area contributed by atoms with Crippen LogP contribution in [0.2, 0.25) is 5.02 Å². The van der Waals surface area contributed by atoms with E-state index in [1.165, 1.54) is 21.7 Å². The van der Waals surface area contributed by atoms with Crippen molar-refractivity contribution in [2.45, 2.75) is 18.7 Å². The lowest BCUT2D eigenvalue weighted by atomic mass is 10.2. The minimum Gasteiger partial charge on any atom is -0.298 e. The van der Waals surface area contributed by atoms with E-state index in [0.717, 1.165) is 0 Å². The second kappa shape index (κ2) is 7.93. The van der Waals surface area contributed by atoms with Gasteiger partial charge in [0, 0.05) is 23.7 Å². The van der Waals surface area contributed by atoms with E-state index in [1.54, 1.807) is 50.2 Å². The molecule has 1 amide bonds.